The van der Waals surface area contributed by atoms with Gasteiger partial charge >= 0.3 is 0 Å². The summed E-state index contributed by atoms with van der Waals surface area (Å²) in [7, 11) is 0. The number of rotatable bonds is 7. The SMILES string of the molecule is Nc1cc(NCCCCCCO)nc(N)n1. The van der Waals surface area contributed by atoms with E-state index in [9.17, 15) is 0 Å². The topological polar surface area (TPSA) is 110 Å². The quantitative estimate of drug-likeness (QED) is 0.506. The van der Waals surface area contributed by atoms with Gasteiger partial charge in [-0.1, -0.05) is 12.8 Å². The van der Waals surface area contributed by atoms with E-state index in [1.165, 1.54) is 0 Å². The van der Waals surface area contributed by atoms with Crippen molar-refractivity contribution in [1.29, 1.82) is 0 Å². The van der Waals surface area contributed by atoms with Crippen molar-refractivity contribution in [3.63, 3.8) is 0 Å². The van der Waals surface area contributed by atoms with Gasteiger partial charge in [0.05, 0.1) is 0 Å². The van der Waals surface area contributed by atoms with Gasteiger partial charge in [0, 0.05) is 19.2 Å². The first-order valence-electron chi connectivity index (χ1n) is 5.47. The summed E-state index contributed by atoms with van der Waals surface area (Å²) >= 11 is 0. The molecule has 6 N–H and O–H groups in total. The number of aliphatic hydroxyl groups excluding tert-OH is 1. The highest BCUT2D eigenvalue weighted by atomic mass is 16.2. The van der Waals surface area contributed by atoms with Crippen LogP contribution in [0.2, 0.25) is 0 Å². The minimum Gasteiger partial charge on any atom is -0.396 e. The molecule has 0 amide bonds. The van der Waals surface area contributed by atoms with Crippen molar-refractivity contribution in [3.8, 4) is 0 Å². The molecule has 0 unspecified atom stereocenters. The van der Waals surface area contributed by atoms with Crippen molar-refractivity contribution >= 4 is 17.6 Å². The molecule has 1 rings (SSSR count). The fraction of sp³-hybridized carbons (Fsp3) is 0.600. The van der Waals surface area contributed by atoms with Gasteiger partial charge in [0.25, 0.3) is 0 Å². The Morgan fingerprint density at radius 3 is 2.56 bits per heavy atom. The molecular weight excluding hydrogens is 206 g/mol. The number of nitrogens with two attached hydrogens (primary N) is 2. The van der Waals surface area contributed by atoms with Crippen LogP contribution in [0.1, 0.15) is 25.7 Å². The molecule has 0 fully saturated rings. The number of anilines is 3. The Morgan fingerprint density at radius 1 is 1.12 bits per heavy atom. The third kappa shape index (κ3) is 4.79. The normalized spacial score (nSPS) is 10.3. The summed E-state index contributed by atoms with van der Waals surface area (Å²) in [6.07, 6.45) is 4.03. The second-order valence-corrected chi connectivity index (χ2v) is 3.60. The maximum atomic E-state index is 8.60. The lowest BCUT2D eigenvalue weighted by molar-refractivity contribution is 0.283. The van der Waals surface area contributed by atoms with Crippen molar-refractivity contribution < 1.29 is 5.11 Å². The van der Waals surface area contributed by atoms with E-state index in [0.717, 1.165) is 32.2 Å². The summed E-state index contributed by atoms with van der Waals surface area (Å²) in [5.74, 6) is 1.21. The van der Waals surface area contributed by atoms with E-state index in [1.54, 1.807) is 6.07 Å². The van der Waals surface area contributed by atoms with E-state index in [-0.39, 0.29) is 12.6 Å². The highest BCUT2D eigenvalue weighted by Gasteiger charge is 1.98. The lowest BCUT2D eigenvalue weighted by Crippen LogP contribution is -2.07. The van der Waals surface area contributed by atoms with Crippen LogP contribution in [0.15, 0.2) is 6.07 Å². The number of nitrogens with zero attached hydrogens (tertiary/aromatic N) is 2. The average molecular weight is 225 g/mol. The number of hydrogen-bond donors (Lipinski definition) is 4. The zero-order chi connectivity index (χ0) is 11.8. The molecule has 0 saturated heterocycles. The molecule has 0 radical (unpaired) electrons. The van der Waals surface area contributed by atoms with Crippen LogP contribution < -0.4 is 16.8 Å². The van der Waals surface area contributed by atoms with E-state index in [2.05, 4.69) is 15.3 Å². The Morgan fingerprint density at radius 2 is 1.88 bits per heavy atom. The average Bonchev–Trinajstić information content (AvgIpc) is 2.22. The van der Waals surface area contributed by atoms with Crippen LogP contribution in [-0.4, -0.2) is 28.2 Å². The van der Waals surface area contributed by atoms with Crippen LogP contribution in [0.5, 0.6) is 0 Å². The van der Waals surface area contributed by atoms with Crippen LogP contribution in [0.25, 0.3) is 0 Å². The number of unbranched alkanes of at least 4 members (excludes halogenated alkanes) is 3. The third-order valence-electron chi connectivity index (χ3n) is 2.15. The summed E-state index contributed by atoms with van der Waals surface area (Å²) in [5, 5.41) is 11.7. The first-order valence-corrected chi connectivity index (χ1v) is 5.47. The van der Waals surface area contributed by atoms with Crippen LogP contribution in [0.3, 0.4) is 0 Å². The highest BCUT2D eigenvalue weighted by Crippen LogP contribution is 2.09. The van der Waals surface area contributed by atoms with Gasteiger partial charge in [-0.2, -0.15) is 9.97 Å². The van der Waals surface area contributed by atoms with Crippen LogP contribution in [0.4, 0.5) is 17.6 Å². The Balaban J connectivity index is 2.21. The summed E-state index contributed by atoms with van der Waals surface area (Å²) < 4.78 is 0. The smallest absolute Gasteiger partial charge is 0.223 e. The fourth-order valence-electron chi connectivity index (χ4n) is 1.38. The minimum atomic E-state index is 0.183. The van der Waals surface area contributed by atoms with Gasteiger partial charge in [-0.3, -0.25) is 0 Å². The van der Waals surface area contributed by atoms with E-state index in [4.69, 9.17) is 16.6 Å². The number of nitrogen functional groups attached to an aromatic ring is 2. The maximum absolute atomic E-state index is 8.60. The largest absolute Gasteiger partial charge is 0.396 e. The second-order valence-electron chi connectivity index (χ2n) is 3.60. The zero-order valence-electron chi connectivity index (χ0n) is 9.32. The van der Waals surface area contributed by atoms with Crippen molar-refractivity contribution in [2.45, 2.75) is 25.7 Å². The van der Waals surface area contributed by atoms with Crippen molar-refractivity contribution in [3.05, 3.63) is 6.07 Å². The molecule has 6 heteroatoms. The molecule has 1 aromatic heterocycles. The number of aromatic nitrogens is 2. The maximum Gasteiger partial charge on any atom is 0.223 e. The number of aliphatic hydroxyl groups is 1. The van der Waals surface area contributed by atoms with E-state index in [0.29, 0.717) is 11.6 Å². The first-order chi connectivity index (χ1) is 7.72. The molecule has 1 heterocycles. The fourth-order valence-corrected chi connectivity index (χ4v) is 1.38. The van der Waals surface area contributed by atoms with Gasteiger partial charge in [0.15, 0.2) is 0 Å². The highest BCUT2D eigenvalue weighted by molar-refractivity contribution is 5.48. The predicted molar refractivity (Wildman–Crippen MR) is 64.9 cm³/mol. The zero-order valence-corrected chi connectivity index (χ0v) is 9.32. The van der Waals surface area contributed by atoms with Crippen molar-refractivity contribution in [2.24, 2.45) is 0 Å². The van der Waals surface area contributed by atoms with Crippen LogP contribution >= 0.6 is 0 Å². The van der Waals surface area contributed by atoms with Gasteiger partial charge in [-0.05, 0) is 12.8 Å². The molecule has 0 aromatic carbocycles. The molecule has 6 nitrogen and oxygen atoms in total. The van der Waals surface area contributed by atoms with Crippen LogP contribution in [0, 0.1) is 0 Å². The molecule has 1 aromatic rings. The van der Waals surface area contributed by atoms with Gasteiger partial charge in [-0.25, -0.2) is 0 Å². The summed E-state index contributed by atoms with van der Waals surface area (Å²) in [6, 6.07) is 1.66. The molecule has 0 aliphatic heterocycles. The molecule has 0 saturated carbocycles. The van der Waals surface area contributed by atoms with Crippen molar-refractivity contribution in [2.75, 3.05) is 29.9 Å². The monoisotopic (exact) mass is 225 g/mol. The molecule has 0 aliphatic carbocycles. The Labute approximate surface area is 95.1 Å². The standard InChI is InChI=1S/C10H19N5O/c11-8-7-9(15-10(12)14-8)13-5-3-1-2-4-6-16/h7,16H,1-6H2,(H5,11,12,13,14,15). The number of nitrogens with one attached hydrogen (secondary N) is 1. The lowest BCUT2D eigenvalue weighted by Gasteiger charge is -2.06. The molecular formula is C10H19N5O. The van der Waals surface area contributed by atoms with Crippen molar-refractivity contribution in [1.82, 2.24) is 9.97 Å². The van der Waals surface area contributed by atoms with Crippen LogP contribution in [-0.2, 0) is 0 Å². The Kier molecular flexibility index (Phi) is 5.35. The van der Waals surface area contributed by atoms with E-state index < -0.39 is 0 Å². The van der Waals surface area contributed by atoms with E-state index >= 15 is 0 Å². The molecule has 16 heavy (non-hydrogen) atoms. The molecule has 0 spiro atoms. The number of hydrogen-bond acceptors (Lipinski definition) is 6. The van der Waals surface area contributed by atoms with E-state index in [1.807, 2.05) is 0 Å². The second kappa shape index (κ2) is 6.84. The minimum absolute atomic E-state index is 0.183. The lowest BCUT2D eigenvalue weighted by atomic mass is 10.2. The molecule has 0 atom stereocenters. The Hall–Kier alpha value is -1.56. The summed E-state index contributed by atoms with van der Waals surface area (Å²) in [5.41, 5.74) is 11.0. The molecule has 90 valence electrons. The van der Waals surface area contributed by atoms with Gasteiger partial charge in [0.1, 0.15) is 11.6 Å². The Bertz CT molecular complexity index is 298. The predicted octanol–water partition coefficient (Wildman–Crippen LogP) is 0.606. The molecule has 0 aliphatic rings. The molecule has 0 bridgehead atoms. The van der Waals surface area contributed by atoms with Gasteiger partial charge in [0.2, 0.25) is 5.95 Å². The first kappa shape index (κ1) is 12.5. The third-order valence-corrected chi connectivity index (χ3v) is 2.15. The summed E-state index contributed by atoms with van der Waals surface area (Å²) in [4.78, 5) is 7.78. The van der Waals surface area contributed by atoms with Gasteiger partial charge in [-0.15, -0.1) is 0 Å². The van der Waals surface area contributed by atoms with Gasteiger partial charge < -0.3 is 21.9 Å². The summed E-state index contributed by atoms with van der Waals surface area (Å²) in [6.45, 7) is 1.09.